The monoisotopic (exact) mass is 453 g/mol. The van der Waals surface area contributed by atoms with Gasteiger partial charge in [-0.1, -0.05) is 76.2 Å². The third-order valence-corrected chi connectivity index (χ3v) is 7.79. The average molecular weight is 454 g/mol. The molecule has 0 atom stereocenters. The molecule has 0 bridgehead atoms. The molecule has 4 aromatic rings. The van der Waals surface area contributed by atoms with E-state index in [0.29, 0.717) is 0 Å². The maximum Gasteiger partial charge on any atom is 0.176 e. The molecule has 32 heavy (non-hydrogen) atoms. The molecule has 174 valence electrons. The van der Waals surface area contributed by atoms with E-state index < -0.39 is 0 Å². The first-order chi connectivity index (χ1) is 14.5. The first kappa shape index (κ1) is 23.2. The van der Waals surface area contributed by atoms with Gasteiger partial charge in [0.05, 0.1) is 11.0 Å². The van der Waals surface area contributed by atoms with Crippen LogP contribution in [0.5, 0.6) is 0 Å². The van der Waals surface area contributed by atoms with Crippen molar-refractivity contribution in [2.24, 2.45) is 0 Å². The highest BCUT2D eigenvalue weighted by molar-refractivity contribution is 7.19. The smallest absolute Gasteiger partial charge is 0.176 e. The summed E-state index contributed by atoms with van der Waals surface area (Å²) >= 11 is 1.95. The van der Waals surface area contributed by atoms with Gasteiger partial charge in [-0.25, -0.2) is 0 Å². The van der Waals surface area contributed by atoms with Crippen LogP contribution in [0.2, 0.25) is 0 Å². The summed E-state index contributed by atoms with van der Waals surface area (Å²) in [7, 11) is 0. The molecule has 0 aliphatic heterocycles. The van der Waals surface area contributed by atoms with Gasteiger partial charge in [0.15, 0.2) is 11.2 Å². The number of nitrogens with zero attached hydrogens (tertiary/aromatic N) is 1. The van der Waals surface area contributed by atoms with E-state index in [0.717, 1.165) is 23.5 Å². The van der Waals surface area contributed by atoms with Crippen LogP contribution in [0.1, 0.15) is 97.9 Å². The van der Waals surface area contributed by atoms with E-state index in [-0.39, 0.29) is 21.7 Å². The lowest BCUT2D eigenvalue weighted by Gasteiger charge is -2.28. The van der Waals surface area contributed by atoms with Crippen LogP contribution in [-0.2, 0) is 28.2 Å². The highest BCUT2D eigenvalue weighted by atomic mass is 32.1. The van der Waals surface area contributed by atoms with Gasteiger partial charge >= 0.3 is 0 Å². The fourth-order valence-corrected chi connectivity index (χ4v) is 6.41. The van der Waals surface area contributed by atoms with Crippen molar-refractivity contribution < 1.29 is 8.83 Å². The predicted molar refractivity (Wildman–Crippen MR) is 137 cm³/mol. The molecule has 0 aliphatic carbocycles. The van der Waals surface area contributed by atoms with Crippen molar-refractivity contribution in [1.29, 1.82) is 0 Å². The van der Waals surface area contributed by atoms with Gasteiger partial charge in [0.2, 0.25) is 0 Å². The van der Waals surface area contributed by atoms with Crippen LogP contribution >= 0.6 is 11.3 Å². The summed E-state index contributed by atoms with van der Waals surface area (Å²) < 4.78 is 16.0. The lowest BCUT2D eigenvalue weighted by molar-refractivity contribution is 0.342. The Morgan fingerprint density at radius 1 is 0.812 bits per heavy atom. The average Bonchev–Trinajstić information content (AvgIpc) is 3.27. The van der Waals surface area contributed by atoms with Crippen molar-refractivity contribution in [1.82, 2.24) is 4.57 Å². The summed E-state index contributed by atoms with van der Waals surface area (Å²) in [4.78, 5) is 1.50. The number of rotatable bonds is 3. The molecule has 0 aromatic carbocycles. The molecule has 4 rings (SSSR count). The summed E-state index contributed by atoms with van der Waals surface area (Å²) in [5.41, 5.74) is 4.42. The largest absolute Gasteiger partial charge is 0.460 e. The molecule has 0 aliphatic rings. The van der Waals surface area contributed by atoms with Crippen LogP contribution in [0.4, 0.5) is 0 Å². The van der Waals surface area contributed by atoms with Crippen molar-refractivity contribution in [2.75, 3.05) is 0 Å². The van der Waals surface area contributed by atoms with Gasteiger partial charge in [0.1, 0.15) is 5.76 Å². The SMILES string of the molecule is CC(C)(C)c1sc2cn(CC(C)(C)c3oc4ccoc4c3C(C)(C)C)cc2c1C(C)(C)C. The molecule has 0 spiro atoms. The number of aromatic nitrogens is 1. The van der Waals surface area contributed by atoms with Crippen molar-refractivity contribution in [3.8, 4) is 0 Å². The van der Waals surface area contributed by atoms with Crippen molar-refractivity contribution in [3.63, 3.8) is 0 Å². The van der Waals surface area contributed by atoms with Crippen LogP contribution in [0.25, 0.3) is 21.3 Å². The van der Waals surface area contributed by atoms with Gasteiger partial charge in [0.25, 0.3) is 0 Å². The Morgan fingerprint density at radius 2 is 1.44 bits per heavy atom. The van der Waals surface area contributed by atoms with E-state index in [1.54, 1.807) is 6.26 Å². The van der Waals surface area contributed by atoms with E-state index in [1.807, 2.05) is 17.4 Å². The number of fused-ring (bicyclic) bond motifs is 2. The van der Waals surface area contributed by atoms with Crippen LogP contribution in [0.15, 0.2) is 33.6 Å². The quantitative estimate of drug-likeness (QED) is 0.310. The van der Waals surface area contributed by atoms with Crippen LogP contribution < -0.4 is 0 Å². The lowest BCUT2D eigenvalue weighted by Crippen LogP contribution is -2.27. The fourth-order valence-electron chi connectivity index (χ4n) is 4.91. The molecule has 4 heterocycles. The third-order valence-electron chi connectivity index (χ3n) is 6.22. The third kappa shape index (κ3) is 3.85. The predicted octanol–water partition coefficient (Wildman–Crippen LogP) is 8.91. The van der Waals surface area contributed by atoms with Crippen LogP contribution in [-0.4, -0.2) is 4.57 Å². The van der Waals surface area contributed by atoms with Gasteiger partial charge in [-0.3, -0.25) is 0 Å². The molecule has 0 saturated heterocycles. The van der Waals surface area contributed by atoms with Gasteiger partial charge in [0, 0.05) is 46.2 Å². The van der Waals surface area contributed by atoms with Crippen molar-refractivity contribution in [2.45, 2.75) is 104 Å². The van der Waals surface area contributed by atoms with Crippen molar-refractivity contribution in [3.05, 3.63) is 46.5 Å². The number of furan rings is 2. The second-order valence-electron chi connectivity index (χ2n) is 13.1. The summed E-state index contributed by atoms with van der Waals surface area (Å²) in [5.74, 6) is 1.03. The Kier molecular flexibility index (Phi) is 5.10. The molecule has 3 nitrogen and oxygen atoms in total. The zero-order chi connectivity index (χ0) is 23.9. The van der Waals surface area contributed by atoms with Crippen LogP contribution in [0.3, 0.4) is 0 Å². The summed E-state index contributed by atoms with van der Waals surface area (Å²) in [6.07, 6.45) is 6.41. The fraction of sp³-hybridized carbons (Fsp3) is 0.571. The summed E-state index contributed by atoms with van der Waals surface area (Å²) in [5, 5.41) is 1.40. The zero-order valence-electron chi connectivity index (χ0n) is 21.7. The Balaban J connectivity index is 1.80. The standard InChI is InChI=1S/C28H39NO2S/c1-25(2,3)20-17-14-29(15-19(17)32-24(20)27(7,8)9)16-28(10,11)23-21(26(4,5)6)22-18(31-23)12-13-30-22/h12-15H,16H2,1-11H3. The van der Waals surface area contributed by atoms with Gasteiger partial charge < -0.3 is 13.4 Å². The highest BCUT2D eigenvalue weighted by Gasteiger charge is 2.37. The Bertz CT molecular complexity index is 1270. The first-order valence-electron chi connectivity index (χ1n) is 11.6. The van der Waals surface area contributed by atoms with Crippen molar-refractivity contribution >= 4 is 32.6 Å². The summed E-state index contributed by atoms with van der Waals surface area (Å²) in [6.45, 7) is 26.1. The molecule has 0 unspecified atom stereocenters. The Morgan fingerprint density at radius 3 is 2.00 bits per heavy atom. The maximum absolute atomic E-state index is 6.40. The Hall–Kier alpha value is -1.94. The molecule has 4 aromatic heterocycles. The number of hydrogen-bond acceptors (Lipinski definition) is 3. The maximum atomic E-state index is 6.40. The topological polar surface area (TPSA) is 31.2 Å². The zero-order valence-corrected chi connectivity index (χ0v) is 22.5. The second-order valence-corrected chi connectivity index (χ2v) is 14.1. The van der Waals surface area contributed by atoms with E-state index >= 15 is 0 Å². The summed E-state index contributed by atoms with van der Waals surface area (Å²) in [6, 6.07) is 1.93. The number of hydrogen-bond donors (Lipinski definition) is 0. The van der Waals surface area contributed by atoms with Gasteiger partial charge in [-0.2, -0.15) is 0 Å². The van der Waals surface area contributed by atoms with Gasteiger partial charge in [-0.15, -0.1) is 11.3 Å². The minimum absolute atomic E-state index is 0.0617. The second kappa shape index (κ2) is 7.03. The van der Waals surface area contributed by atoms with Crippen LogP contribution in [0, 0.1) is 0 Å². The molecular formula is C28H39NO2S. The molecule has 0 amide bonds. The van der Waals surface area contributed by atoms with E-state index in [4.69, 9.17) is 8.83 Å². The number of thiophene rings is 1. The van der Waals surface area contributed by atoms with E-state index in [9.17, 15) is 0 Å². The van der Waals surface area contributed by atoms with E-state index in [1.165, 1.54) is 26.1 Å². The molecule has 0 saturated carbocycles. The molecular weight excluding hydrogens is 414 g/mol. The lowest BCUT2D eigenvalue weighted by atomic mass is 9.78. The Labute approximate surface area is 196 Å². The molecule has 4 heteroatoms. The molecule has 0 radical (unpaired) electrons. The van der Waals surface area contributed by atoms with E-state index in [2.05, 4.69) is 93.1 Å². The molecule has 0 N–H and O–H groups in total. The highest BCUT2D eigenvalue weighted by Crippen LogP contribution is 2.46. The minimum Gasteiger partial charge on any atom is -0.460 e. The van der Waals surface area contributed by atoms with Gasteiger partial charge in [-0.05, 0) is 21.8 Å². The first-order valence-corrected chi connectivity index (χ1v) is 12.5. The molecule has 0 fully saturated rings. The normalized spacial score (nSPS) is 14.2. The minimum atomic E-state index is -0.181.